The summed E-state index contributed by atoms with van der Waals surface area (Å²) < 4.78 is 0. The number of carbonyl (C=O) groups excluding carboxylic acids is 2. The molecule has 10 heteroatoms. The molecule has 0 radical (unpaired) electrons. The number of anilines is 1. The van der Waals surface area contributed by atoms with Gasteiger partial charge >= 0.3 is 0 Å². The van der Waals surface area contributed by atoms with Gasteiger partial charge in [0.05, 0.1) is 12.1 Å². The van der Waals surface area contributed by atoms with Crippen LogP contribution in [0.2, 0.25) is 0 Å². The summed E-state index contributed by atoms with van der Waals surface area (Å²) in [6.45, 7) is 9.55. The summed E-state index contributed by atoms with van der Waals surface area (Å²) in [7, 11) is 0. The highest BCUT2D eigenvalue weighted by Gasteiger charge is 2.29. The molecule has 1 fully saturated rings. The minimum atomic E-state index is -0.660. The molecule has 1 saturated heterocycles. The molecule has 0 spiro atoms. The lowest BCUT2D eigenvalue weighted by molar-refractivity contribution is -0.132. The van der Waals surface area contributed by atoms with E-state index in [9.17, 15) is 14.7 Å². The van der Waals surface area contributed by atoms with Crippen molar-refractivity contribution in [2.24, 2.45) is 0 Å². The first-order valence-corrected chi connectivity index (χ1v) is 11.7. The average Bonchev–Trinajstić information content (AvgIpc) is 3.02. The van der Waals surface area contributed by atoms with Gasteiger partial charge in [0.1, 0.15) is 17.8 Å². The second-order valence-electron chi connectivity index (χ2n) is 8.59. The van der Waals surface area contributed by atoms with Crippen molar-refractivity contribution in [1.82, 2.24) is 25.1 Å². The van der Waals surface area contributed by atoms with Gasteiger partial charge in [-0.05, 0) is 31.4 Å². The maximum atomic E-state index is 12.5. The molecule has 2 amide bonds. The maximum absolute atomic E-state index is 12.5. The lowest BCUT2D eigenvalue weighted by atomic mass is 10.0. The number of likely N-dealkylation sites (tertiary alicyclic amines) is 1. The fourth-order valence-electron chi connectivity index (χ4n) is 4.13. The Morgan fingerprint density at radius 1 is 1.31 bits per heavy atom. The molecule has 9 nitrogen and oxygen atoms in total. The minimum Gasteiger partial charge on any atom is -0.390 e. The van der Waals surface area contributed by atoms with Gasteiger partial charge in [-0.1, -0.05) is 0 Å². The van der Waals surface area contributed by atoms with E-state index >= 15 is 0 Å². The molecule has 2 aromatic rings. The van der Waals surface area contributed by atoms with Gasteiger partial charge in [-0.3, -0.25) is 14.5 Å². The van der Waals surface area contributed by atoms with E-state index in [1.54, 1.807) is 17.9 Å². The largest absolute Gasteiger partial charge is 0.390 e. The zero-order chi connectivity index (χ0) is 22.8. The molecule has 0 unspecified atom stereocenters. The smallest absolute Gasteiger partial charge is 0.270 e. The van der Waals surface area contributed by atoms with Crippen LogP contribution < -0.4 is 10.6 Å². The fourth-order valence-corrected chi connectivity index (χ4v) is 5.31. The highest BCUT2D eigenvalue weighted by Crippen LogP contribution is 2.31. The van der Waals surface area contributed by atoms with Gasteiger partial charge in [0, 0.05) is 62.0 Å². The van der Waals surface area contributed by atoms with Crippen LogP contribution in [0, 0.1) is 13.8 Å². The van der Waals surface area contributed by atoms with Crippen molar-refractivity contribution in [3.05, 3.63) is 39.0 Å². The zero-order valence-electron chi connectivity index (χ0n) is 18.7. The van der Waals surface area contributed by atoms with Crippen molar-refractivity contribution in [1.29, 1.82) is 0 Å². The van der Waals surface area contributed by atoms with Gasteiger partial charge in [0.25, 0.3) is 5.91 Å². The lowest BCUT2D eigenvalue weighted by Crippen LogP contribution is -2.56. The Bertz CT molecular complexity index is 1000. The molecule has 32 heavy (non-hydrogen) atoms. The predicted octanol–water partition coefficient (Wildman–Crippen LogP) is 0.947. The Morgan fingerprint density at radius 2 is 2.09 bits per heavy atom. The van der Waals surface area contributed by atoms with E-state index in [-0.39, 0.29) is 30.1 Å². The molecule has 2 aromatic heterocycles. The number of nitrogens with one attached hydrogen (secondary N) is 2. The standard InChI is InChI=1S/C22H30N6O3S/c1-13-14(2)32-20-4-5-27(11-18(13)20)10-17(30)7-23-22(31)19-6-21(25-12-24-19)26-16-8-28(9-16)15(3)29/h6,12,16-17,30H,4-5,7-11H2,1-3H3,(H,23,31)(H,24,25,26)/t17-/m0/s1. The van der Waals surface area contributed by atoms with Gasteiger partial charge in [-0.25, -0.2) is 9.97 Å². The van der Waals surface area contributed by atoms with E-state index in [4.69, 9.17) is 0 Å². The number of hydrogen-bond donors (Lipinski definition) is 3. The molecule has 0 aromatic carbocycles. The minimum absolute atomic E-state index is 0.0509. The van der Waals surface area contributed by atoms with Crippen LogP contribution in [-0.2, 0) is 17.8 Å². The first-order valence-electron chi connectivity index (χ1n) is 10.9. The topological polar surface area (TPSA) is 111 Å². The number of aliphatic hydroxyl groups excluding tert-OH is 1. The van der Waals surface area contributed by atoms with E-state index in [1.165, 1.54) is 27.2 Å². The Balaban J connectivity index is 1.24. The van der Waals surface area contributed by atoms with E-state index in [0.29, 0.717) is 25.5 Å². The van der Waals surface area contributed by atoms with Crippen LogP contribution in [-0.4, -0.2) is 81.6 Å². The Hall–Kier alpha value is -2.56. The molecule has 4 heterocycles. The molecule has 2 aliphatic heterocycles. The van der Waals surface area contributed by atoms with Crippen LogP contribution in [0.1, 0.15) is 38.3 Å². The second-order valence-corrected chi connectivity index (χ2v) is 9.90. The van der Waals surface area contributed by atoms with Crippen molar-refractivity contribution >= 4 is 29.0 Å². The Labute approximate surface area is 191 Å². The molecule has 0 aliphatic carbocycles. The van der Waals surface area contributed by atoms with Crippen molar-refractivity contribution in [3.63, 3.8) is 0 Å². The van der Waals surface area contributed by atoms with Crippen molar-refractivity contribution in [2.45, 2.75) is 45.9 Å². The molecular formula is C22H30N6O3S. The number of aliphatic hydroxyl groups is 1. The molecule has 1 atom stereocenters. The summed E-state index contributed by atoms with van der Waals surface area (Å²) in [5, 5.41) is 16.5. The summed E-state index contributed by atoms with van der Waals surface area (Å²) in [6, 6.07) is 1.71. The van der Waals surface area contributed by atoms with E-state index < -0.39 is 6.10 Å². The third-order valence-corrected chi connectivity index (χ3v) is 7.49. The van der Waals surface area contributed by atoms with Crippen LogP contribution in [0.25, 0.3) is 0 Å². The molecule has 0 saturated carbocycles. The highest BCUT2D eigenvalue weighted by atomic mass is 32.1. The molecule has 4 rings (SSSR count). The number of carbonyl (C=O) groups is 2. The van der Waals surface area contributed by atoms with Gasteiger partial charge < -0.3 is 20.6 Å². The Kier molecular flexibility index (Phi) is 6.73. The monoisotopic (exact) mass is 458 g/mol. The van der Waals surface area contributed by atoms with Crippen LogP contribution >= 0.6 is 11.3 Å². The normalized spacial score (nSPS) is 17.4. The predicted molar refractivity (Wildman–Crippen MR) is 123 cm³/mol. The summed E-state index contributed by atoms with van der Waals surface area (Å²) in [4.78, 5) is 38.8. The summed E-state index contributed by atoms with van der Waals surface area (Å²) in [5.74, 6) is 0.248. The van der Waals surface area contributed by atoms with Crippen LogP contribution in [0.4, 0.5) is 5.82 Å². The fraction of sp³-hybridized carbons (Fsp3) is 0.545. The molecular weight excluding hydrogens is 428 g/mol. The molecule has 3 N–H and O–H groups in total. The highest BCUT2D eigenvalue weighted by molar-refractivity contribution is 7.12. The number of aryl methyl sites for hydroxylation is 1. The number of amides is 2. The summed E-state index contributed by atoms with van der Waals surface area (Å²) >= 11 is 1.88. The number of β-amino-alcohol motifs (C(OH)–C–C–N with tert-alkyl or cyclic N) is 1. The Morgan fingerprint density at radius 3 is 2.84 bits per heavy atom. The van der Waals surface area contributed by atoms with Gasteiger partial charge in [-0.15, -0.1) is 11.3 Å². The second kappa shape index (κ2) is 9.51. The average molecular weight is 459 g/mol. The third kappa shape index (κ3) is 5.08. The van der Waals surface area contributed by atoms with Crippen LogP contribution in [0.5, 0.6) is 0 Å². The number of rotatable bonds is 7. The van der Waals surface area contributed by atoms with Crippen LogP contribution in [0.3, 0.4) is 0 Å². The first kappa shape index (κ1) is 22.6. The molecule has 0 bridgehead atoms. The molecule has 2 aliphatic rings. The number of fused-ring (bicyclic) bond motifs is 1. The SMILES string of the molecule is CC(=O)N1CC(Nc2cc(C(=O)NC[C@H](O)CN3CCc4sc(C)c(C)c4C3)ncn2)C1. The van der Waals surface area contributed by atoms with Gasteiger partial charge in [0.15, 0.2) is 0 Å². The number of thiophene rings is 1. The van der Waals surface area contributed by atoms with Crippen molar-refractivity contribution in [2.75, 3.05) is 38.0 Å². The number of nitrogens with zero attached hydrogens (tertiary/aromatic N) is 4. The zero-order valence-corrected chi connectivity index (χ0v) is 19.5. The summed E-state index contributed by atoms with van der Waals surface area (Å²) in [6.07, 6.45) is 1.69. The third-order valence-electron chi connectivity index (χ3n) is 6.18. The first-order chi connectivity index (χ1) is 15.3. The lowest BCUT2D eigenvalue weighted by Gasteiger charge is -2.39. The van der Waals surface area contributed by atoms with E-state index in [2.05, 4.69) is 39.3 Å². The van der Waals surface area contributed by atoms with Crippen LogP contribution in [0.15, 0.2) is 12.4 Å². The van der Waals surface area contributed by atoms with Crippen molar-refractivity contribution in [3.8, 4) is 0 Å². The maximum Gasteiger partial charge on any atom is 0.270 e. The van der Waals surface area contributed by atoms with Gasteiger partial charge in [-0.2, -0.15) is 0 Å². The summed E-state index contributed by atoms with van der Waals surface area (Å²) in [5.41, 5.74) is 3.00. The van der Waals surface area contributed by atoms with Gasteiger partial charge in [0.2, 0.25) is 5.91 Å². The van der Waals surface area contributed by atoms with Crippen molar-refractivity contribution < 1.29 is 14.7 Å². The van der Waals surface area contributed by atoms with E-state index in [1.807, 2.05) is 11.3 Å². The van der Waals surface area contributed by atoms with E-state index in [0.717, 1.165) is 19.5 Å². The molecule has 172 valence electrons. The number of aromatic nitrogens is 2. The quantitative estimate of drug-likeness (QED) is 0.566. The number of hydrogen-bond acceptors (Lipinski definition) is 8.